The summed E-state index contributed by atoms with van der Waals surface area (Å²) in [6, 6.07) is 66.8. The summed E-state index contributed by atoms with van der Waals surface area (Å²) in [5.41, 5.74) is 11.2. The van der Waals surface area contributed by atoms with Crippen molar-refractivity contribution >= 4 is 75.4 Å². The van der Waals surface area contributed by atoms with Gasteiger partial charge >= 0.3 is 0 Å². The molecule has 0 amide bonds. The van der Waals surface area contributed by atoms with E-state index >= 15 is 0 Å². The Morgan fingerprint density at radius 1 is 0.397 bits per heavy atom. The summed E-state index contributed by atoms with van der Waals surface area (Å²) in [4.78, 5) is 25.7. The van der Waals surface area contributed by atoms with E-state index in [0.29, 0.717) is 28.9 Å². The van der Waals surface area contributed by atoms with Gasteiger partial charge in [-0.15, -0.1) is 11.3 Å². The Labute approximate surface area is 364 Å². The van der Waals surface area contributed by atoms with Crippen molar-refractivity contribution in [1.29, 1.82) is 0 Å². The molecule has 0 atom stereocenters. The smallest absolute Gasteiger partial charge is 0.167 e. The quantitative estimate of drug-likeness (QED) is 0.166. The number of hydrogen-bond donors (Lipinski definition) is 0. The molecule has 5 aromatic heterocycles. The zero-order chi connectivity index (χ0) is 41.4. The number of rotatable bonds is 6. The Morgan fingerprint density at radius 3 is 1.70 bits per heavy atom. The number of furan rings is 1. The Kier molecular flexibility index (Phi) is 7.94. The molecule has 0 unspecified atom stereocenters. The third-order valence-corrected chi connectivity index (χ3v) is 13.1. The predicted octanol–water partition coefficient (Wildman–Crippen LogP) is 14.4. The number of thiophene rings is 1. The second-order valence-corrected chi connectivity index (χ2v) is 16.7. The minimum Gasteiger partial charge on any atom is -0.455 e. The average Bonchev–Trinajstić information content (AvgIpc) is 4.04. The van der Waals surface area contributed by atoms with Crippen LogP contribution in [-0.4, -0.2) is 29.5 Å². The standard InChI is InChI=1S/C55H32N6OS/c1-3-14-33(15-4-1)48-51-49(42-20-9-12-25-47(42)63-51)57-54(56-48)36-28-31-40-41-21-13-22-43(50(41)62-46(40)32-36)55-59-52(34-16-5-2-6-17-34)58-53(60-55)35-26-29-37(30-27-35)61-44-23-10-7-18-38(44)39-19-8-11-24-45(39)61/h1-32H. The summed E-state index contributed by atoms with van der Waals surface area (Å²) in [6.07, 6.45) is 0. The molecule has 294 valence electrons. The Morgan fingerprint density at radius 2 is 0.968 bits per heavy atom. The topological polar surface area (TPSA) is 82.5 Å². The molecule has 0 bridgehead atoms. The molecule has 0 fully saturated rings. The molecule has 0 aliphatic carbocycles. The highest BCUT2D eigenvalue weighted by atomic mass is 32.1. The molecule has 13 aromatic rings. The molecule has 0 radical (unpaired) electrons. The van der Waals surface area contributed by atoms with Crippen LogP contribution in [0.2, 0.25) is 0 Å². The van der Waals surface area contributed by atoms with E-state index in [1.165, 1.54) is 15.5 Å². The van der Waals surface area contributed by atoms with Gasteiger partial charge in [-0.3, -0.25) is 0 Å². The van der Waals surface area contributed by atoms with Crippen molar-refractivity contribution in [3.63, 3.8) is 0 Å². The highest BCUT2D eigenvalue weighted by molar-refractivity contribution is 7.26. The highest BCUT2D eigenvalue weighted by Crippen LogP contribution is 2.41. The van der Waals surface area contributed by atoms with Gasteiger partial charge in [-0.1, -0.05) is 133 Å². The van der Waals surface area contributed by atoms with Crippen molar-refractivity contribution < 1.29 is 4.42 Å². The maximum Gasteiger partial charge on any atom is 0.167 e. The number of para-hydroxylation sites is 3. The second kappa shape index (κ2) is 14.1. The first-order chi connectivity index (χ1) is 31.2. The zero-order valence-corrected chi connectivity index (χ0v) is 34.3. The molecule has 0 aliphatic rings. The van der Waals surface area contributed by atoms with E-state index in [0.717, 1.165) is 82.2 Å². The zero-order valence-electron chi connectivity index (χ0n) is 33.5. The first-order valence-electron chi connectivity index (χ1n) is 20.8. The van der Waals surface area contributed by atoms with Crippen molar-refractivity contribution in [3.05, 3.63) is 194 Å². The molecular formula is C55H32N6OS. The molecule has 7 nitrogen and oxygen atoms in total. The summed E-state index contributed by atoms with van der Waals surface area (Å²) in [5.74, 6) is 2.33. The van der Waals surface area contributed by atoms with Crippen LogP contribution in [0.3, 0.4) is 0 Å². The lowest BCUT2D eigenvalue weighted by Gasteiger charge is -2.11. The van der Waals surface area contributed by atoms with Crippen LogP contribution in [0.5, 0.6) is 0 Å². The van der Waals surface area contributed by atoms with Crippen LogP contribution < -0.4 is 0 Å². The predicted molar refractivity (Wildman–Crippen MR) is 257 cm³/mol. The van der Waals surface area contributed by atoms with Gasteiger partial charge in [0, 0.05) is 59.6 Å². The molecule has 0 spiro atoms. The Bertz CT molecular complexity index is 3860. The van der Waals surface area contributed by atoms with Crippen molar-refractivity contribution in [3.8, 4) is 62.5 Å². The monoisotopic (exact) mass is 824 g/mol. The van der Waals surface area contributed by atoms with Crippen molar-refractivity contribution in [2.24, 2.45) is 0 Å². The van der Waals surface area contributed by atoms with E-state index in [4.69, 9.17) is 29.3 Å². The minimum absolute atomic E-state index is 0.529. The van der Waals surface area contributed by atoms with Crippen LogP contribution in [0.4, 0.5) is 0 Å². The SMILES string of the molecule is c1ccc(-c2nc(-c3ccc(-n4c5ccccc5c5ccccc54)cc3)nc(-c3cccc4c3oc3cc(-c5nc(-c6ccccc6)c6sc7ccccc7c6n5)ccc34)n2)cc1. The van der Waals surface area contributed by atoms with Crippen molar-refractivity contribution in [1.82, 2.24) is 29.5 Å². The molecule has 0 saturated heterocycles. The fraction of sp³-hybridized carbons (Fsp3) is 0. The van der Waals surface area contributed by atoms with E-state index in [1.807, 2.05) is 48.5 Å². The van der Waals surface area contributed by atoms with E-state index in [1.54, 1.807) is 11.3 Å². The van der Waals surface area contributed by atoms with Crippen molar-refractivity contribution in [2.75, 3.05) is 0 Å². The lowest BCUT2D eigenvalue weighted by molar-refractivity contribution is 0.669. The maximum atomic E-state index is 6.82. The first-order valence-corrected chi connectivity index (χ1v) is 21.6. The molecule has 13 rings (SSSR count). The Hall–Kier alpha value is -8.33. The molecule has 8 heteroatoms. The first kappa shape index (κ1) is 35.4. The third-order valence-electron chi connectivity index (χ3n) is 11.9. The van der Waals surface area contributed by atoms with Gasteiger partial charge in [-0.25, -0.2) is 24.9 Å². The van der Waals surface area contributed by atoms with Gasteiger partial charge in [0.1, 0.15) is 11.2 Å². The average molecular weight is 825 g/mol. The van der Waals surface area contributed by atoms with Gasteiger partial charge in [0.05, 0.1) is 32.5 Å². The second-order valence-electron chi connectivity index (χ2n) is 15.6. The molecule has 5 heterocycles. The van der Waals surface area contributed by atoms with Gasteiger partial charge in [-0.05, 0) is 60.7 Å². The van der Waals surface area contributed by atoms with Gasteiger partial charge in [0.15, 0.2) is 23.3 Å². The third kappa shape index (κ3) is 5.76. The summed E-state index contributed by atoms with van der Waals surface area (Å²) in [7, 11) is 0. The number of nitrogens with zero attached hydrogens (tertiary/aromatic N) is 6. The molecular weight excluding hydrogens is 793 g/mol. The molecule has 63 heavy (non-hydrogen) atoms. The number of fused-ring (bicyclic) bond motifs is 9. The summed E-state index contributed by atoms with van der Waals surface area (Å²) in [6.45, 7) is 0. The molecule has 8 aromatic carbocycles. The van der Waals surface area contributed by atoms with Crippen LogP contribution in [0, 0.1) is 0 Å². The van der Waals surface area contributed by atoms with Crippen molar-refractivity contribution in [2.45, 2.75) is 0 Å². The van der Waals surface area contributed by atoms with Crippen LogP contribution in [0.25, 0.3) is 127 Å². The summed E-state index contributed by atoms with van der Waals surface area (Å²) in [5, 5.41) is 5.53. The number of aromatic nitrogens is 6. The van der Waals surface area contributed by atoms with Crippen LogP contribution in [0.15, 0.2) is 199 Å². The van der Waals surface area contributed by atoms with Gasteiger partial charge in [-0.2, -0.15) is 0 Å². The fourth-order valence-corrected chi connectivity index (χ4v) is 10.1. The summed E-state index contributed by atoms with van der Waals surface area (Å²) >= 11 is 1.73. The summed E-state index contributed by atoms with van der Waals surface area (Å²) < 4.78 is 11.4. The Balaban J connectivity index is 0.941. The van der Waals surface area contributed by atoms with Gasteiger partial charge < -0.3 is 8.98 Å². The largest absolute Gasteiger partial charge is 0.455 e. The number of hydrogen-bond acceptors (Lipinski definition) is 7. The van der Waals surface area contributed by atoms with Crippen LogP contribution in [0.1, 0.15) is 0 Å². The highest BCUT2D eigenvalue weighted by Gasteiger charge is 2.21. The van der Waals surface area contributed by atoms with E-state index in [2.05, 4.69) is 150 Å². The van der Waals surface area contributed by atoms with E-state index in [9.17, 15) is 0 Å². The van der Waals surface area contributed by atoms with Crippen LogP contribution in [-0.2, 0) is 0 Å². The molecule has 0 aliphatic heterocycles. The van der Waals surface area contributed by atoms with Gasteiger partial charge in [0.25, 0.3) is 0 Å². The maximum absolute atomic E-state index is 6.82. The molecule has 0 N–H and O–H groups in total. The van der Waals surface area contributed by atoms with Gasteiger partial charge in [0.2, 0.25) is 0 Å². The lowest BCUT2D eigenvalue weighted by atomic mass is 10.1. The van der Waals surface area contributed by atoms with Crippen LogP contribution >= 0.6 is 11.3 Å². The van der Waals surface area contributed by atoms with E-state index < -0.39 is 0 Å². The molecule has 0 saturated carbocycles. The van der Waals surface area contributed by atoms with E-state index in [-0.39, 0.29) is 0 Å². The fourth-order valence-electron chi connectivity index (χ4n) is 8.93. The lowest BCUT2D eigenvalue weighted by Crippen LogP contribution is -2.00. The minimum atomic E-state index is 0.529. The normalized spacial score (nSPS) is 11.8. The number of benzene rings is 8.